The highest BCUT2D eigenvalue weighted by atomic mass is 35.5. The van der Waals surface area contributed by atoms with Gasteiger partial charge < -0.3 is 0 Å². The molecule has 3 nitrogen and oxygen atoms in total. The number of Topliss-reactive ketones (excluding diaryl/α,β-unsaturated/α-hetero) is 2. The number of carbonyl (C=O) groups is 2. The Morgan fingerprint density at radius 1 is 1.21 bits per heavy atom. The Balaban J connectivity index is 1.94. The first-order valence-electron chi connectivity index (χ1n) is 5.93. The average Bonchev–Trinajstić information content (AvgIpc) is 2.75. The summed E-state index contributed by atoms with van der Waals surface area (Å²) in [6, 6.07) is 8.39. The van der Waals surface area contributed by atoms with Crippen LogP contribution < -0.4 is 0 Å². The number of ketones is 2. The van der Waals surface area contributed by atoms with Gasteiger partial charge in [0.1, 0.15) is 0 Å². The Kier molecular flexibility index (Phi) is 2.91. The maximum Gasteiger partial charge on any atom is 0.174 e. The lowest BCUT2D eigenvalue weighted by molar-refractivity contribution is 0.0822. The summed E-state index contributed by atoms with van der Waals surface area (Å²) >= 11 is 5.91. The predicted molar refractivity (Wildman–Crippen MR) is 71.5 cm³/mol. The molecule has 19 heavy (non-hydrogen) atoms. The maximum absolute atomic E-state index is 12.3. The van der Waals surface area contributed by atoms with Gasteiger partial charge in [-0.25, -0.2) is 0 Å². The van der Waals surface area contributed by atoms with E-state index in [-0.39, 0.29) is 11.6 Å². The van der Waals surface area contributed by atoms with Gasteiger partial charge in [0.25, 0.3) is 0 Å². The van der Waals surface area contributed by atoms with Crippen LogP contribution in [0.25, 0.3) is 0 Å². The molecule has 0 bridgehead atoms. The molecule has 1 aliphatic rings. The molecular weight excluding hydrogens is 262 g/mol. The van der Waals surface area contributed by atoms with Crippen LogP contribution in [0.15, 0.2) is 42.7 Å². The topological polar surface area (TPSA) is 47.0 Å². The smallest absolute Gasteiger partial charge is 0.174 e. The number of pyridine rings is 1. The van der Waals surface area contributed by atoms with E-state index in [0.717, 1.165) is 5.56 Å². The summed E-state index contributed by atoms with van der Waals surface area (Å²) in [5.41, 5.74) is 1.98. The Labute approximate surface area is 115 Å². The van der Waals surface area contributed by atoms with Crippen molar-refractivity contribution in [1.29, 1.82) is 0 Å². The third kappa shape index (κ3) is 2.06. The van der Waals surface area contributed by atoms with Gasteiger partial charge in [-0.15, -0.1) is 0 Å². The minimum Gasteiger partial charge on any atom is -0.293 e. The Bertz CT molecular complexity index is 667. The standard InChI is InChI=1S/C15H10ClNO2/c16-11-1-2-12-10(7-11)8-13(15(12)19)14(18)9-3-5-17-6-4-9/h1-7,13H,8H2. The van der Waals surface area contributed by atoms with Crippen LogP contribution in [0.1, 0.15) is 26.3 Å². The molecule has 1 atom stereocenters. The molecule has 1 unspecified atom stereocenters. The fourth-order valence-corrected chi connectivity index (χ4v) is 2.60. The van der Waals surface area contributed by atoms with Crippen LogP contribution in [-0.2, 0) is 6.42 Å². The summed E-state index contributed by atoms with van der Waals surface area (Å²) in [6.07, 6.45) is 3.53. The number of hydrogen-bond donors (Lipinski definition) is 0. The van der Waals surface area contributed by atoms with Crippen molar-refractivity contribution in [3.63, 3.8) is 0 Å². The molecule has 4 heteroatoms. The molecule has 0 saturated heterocycles. The van der Waals surface area contributed by atoms with Gasteiger partial charge in [0, 0.05) is 28.5 Å². The molecule has 0 fully saturated rings. The zero-order valence-corrected chi connectivity index (χ0v) is 10.7. The summed E-state index contributed by atoms with van der Waals surface area (Å²) in [6.45, 7) is 0. The number of rotatable bonds is 2. The van der Waals surface area contributed by atoms with E-state index in [1.165, 1.54) is 0 Å². The molecule has 2 aromatic rings. The number of nitrogens with zero attached hydrogens (tertiary/aromatic N) is 1. The molecular formula is C15H10ClNO2. The molecule has 0 radical (unpaired) electrons. The minimum atomic E-state index is -0.629. The van der Waals surface area contributed by atoms with E-state index in [2.05, 4.69) is 4.98 Å². The molecule has 1 aromatic heterocycles. The molecule has 0 amide bonds. The van der Waals surface area contributed by atoms with Gasteiger partial charge in [0.05, 0.1) is 5.92 Å². The van der Waals surface area contributed by atoms with Crippen LogP contribution in [0.3, 0.4) is 0 Å². The van der Waals surface area contributed by atoms with Gasteiger partial charge in [0.2, 0.25) is 0 Å². The van der Waals surface area contributed by atoms with Crippen molar-refractivity contribution in [2.75, 3.05) is 0 Å². The summed E-state index contributed by atoms with van der Waals surface area (Å²) in [7, 11) is 0. The predicted octanol–water partition coefficient (Wildman–Crippen LogP) is 2.97. The van der Waals surface area contributed by atoms with Gasteiger partial charge in [-0.3, -0.25) is 14.6 Å². The van der Waals surface area contributed by atoms with Crippen LogP contribution in [0.5, 0.6) is 0 Å². The highest BCUT2D eigenvalue weighted by Crippen LogP contribution is 2.30. The monoisotopic (exact) mass is 271 g/mol. The zero-order valence-electron chi connectivity index (χ0n) is 9.97. The van der Waals surface area contributed by atoms with E-state index in [9.17, 15) is 9.59 Å². The van der Waals surface area contributed by atoms with Crippen LogP contribution in [-0.4, -0.2) is 16.6 Å². The van der Waals surface area contributed by atoms with E-state index in [1.54, 1.807) is 42.7 Å². The van der Waals surface area contributed by atoms with E-state index in [4.69, 9.17) is 11.6 Å². The first-order valence-corrected chi connectivity index (χ1v) is 6.31. The molecule has 1 aromatic carbocycles. The normalized spacial score (nSPS) is 17.3. The number of fused-ring (bicyclic) bond motifs is 1. The Morgan fingerprint density at radius 2 is 1.95 bits per heavy atom. The van der Waals surface area contributed by atoms with Gasteiger partial charge in [-0.2, -0.15) is 0 Å². The lowest BCUT2D eigenvalue weighted by atomic mass is 9.95. The summed E-state index contributed by atoms with van der Waals surface area (Å²) < 4.78 is 0. The highest BCUT2D eigenvalue weighted by molar-refractivity contribution is 6.31. The van der Waals surface area contributed by atoms with E-state index in [1.807, 2.05) is 0 Å². The van der Waals surface area contributed by atoms with Gasteiger partial charge in [-0.1, -0.05) is 11.6 Å². The van der Waals surface area contributed by atoms with Crippen LogP contribution in [0.4, 0.5) is 0 Å². The average molecular weight is 272 g/mol. The van der Waals surface area contributed by atoms with Crippen molar-refractivity contribution in [1.82, 2.24) is 4.98 Å². The van der Waals surface area contributed by atoms with Crippen LogP contribution in [0.2, 0.25) is 5.02 Å². The molecule has 0 spiro atoms. The molecule has 94 valence electrons. The third-order valence-corrected chi connectivity index (χ3v) is 3.59. The van der Waals surface area contributed by atoms with Crippen molar-refractivity contribution in [3.05, 3.63) is 64.4 Å². The minimum absolute atomic E-state index is 0.117. The van der Waals surface area contributed by atoms with E-state index < -0.39 is 5.92 Å². The quantitative estimate of drug-likeness (QED) is 0.623. The number of benzene rings is 1. The maximum atomic E-state index is 12.3. The second-order valence-corrected chi connectivity index (χ2v) is 4.96. The Hall–Kier alpha value is -2.00. The van der Waals surface area contributed by atoms with Gasteiger partial charge in [0.15, 0.2) is 11.6 Å². The van der Waals surface area contributed by atoms with Crippen molar-refractivity contribution in [2.24, 2.45) is 5.92 Å². The van der Waals surface area contributed by atoms with Crippen molar-refractivity contribution in [2.45, 2.75) is 6.42 Å². The van der Waals surface area contributed by atoms with Crippen LogP contribution >= 0.6 is 11.6 Å². The number of aromatic nitrogens is 1. The number of carbonyl (C=O) groups excluding carboxylic acids is 2. The molecule has 0 saturated carbocycles. The fourth-order valence-electron chi connectivity index (χ4n) is 2.40. The second kappa shape index (κ2) is 4.59. The van der Waals surface area contributed by atoms with Crippen molar-refractivity contribution >= 4 is 23.2 Å². The van der Waals surface area contributed by atoms with Crippen molar-refractivity contribution < 1.29 is 9.59 Å². The summed E-state index contributed by atoms with van der Waals surface area (Å²) in [5.74, 6) is -0.899. The molecule has 0 N–H and O–H groups in total. The van der Waals surface area contributed by atoms with E-state index in [0.29, 0.717) is 22.6 Å². The number of halogens is 1. The Morgan fingerprint density at radius 3 is 2.68 bits per heavy atom. The summed E-state index contributed by atoms with van der Waals surface area (Å²) in [5, 5.41) is 0.587. The first-order chi connectivity index (χ1) is 9.16. The third-order valence-electron chi connectivity index (χ3n) is 3.35. The molecule has 1 aliphatic carbocycles. The highest BCUT2D eigenvalue weighted by Gasteiger charge is 2.36. The summed E-state index contributed by atoms with van der Waals surface area (Å²) in [4.78, 5) is 28.4. The number of hydrogen-bond acceptors (Lipinski definition) is 3. The van der Waals surface area contributed by atoms with Crippen LogP contribution in [0, 0.1) is 5.92 Å². The van der Waals surface area contributed by atoms with Gasteiger partial charge >= 0.3 is 0 Å². The molecule has 3 rings (SSSR count). The lowest BCUT2D eigenvalue weighted by Crippen LogP contribution is -2.20. The zero-order chi connectivity index (χ0) is 13.4. The fraction of sp³-hybridized carbons (Fsp3) is 0.133. The van der Waals surface area contributed by atoms with Crippen molar-refractivity contribution in [3.8, 4) is 0 Å². The van der Waals surface area contributed by atoms with E-state index >= 15 is 0 Å². The van der Waals surface area contributed by atoms with Gasteiger partial charge in [-0.05, 0) is 42.3 Å². The SMILES string of the molecule is O=C(c1ccncc1)C1Cc2cc(Cl)ccc2C1=O. The first kappa shape index (κ1) is 12.1. The lowest BCUT2D eigenvalue weighted by Gasteiger charge is -2.06. The molecule has 0 aliphatic heterocycles. The largest absolute Gasteiger partial charge is 0.293 e. The molecule has 1 heterocycles. The second-order valence-electron chi connectivity index (χ2n) is 4.52.